The number of carboxylic acid groups (broad SMARTS) is 1. The van der Waals surface area contributed by atoms with Gasteiger partial charge >= 0.3 is 5.97 Å². The Hall–Kier alpha value is -1.72. The molecule has 0 heterocycles. The summed E-state index contributed by atoms with van der Waals surface area (Å²) < 4.78 is 0. The summed E-state index contributed by atoms with van der Waals surface area (Å²) in [4.78, 5) is 20.8. The molecule has 0 fully saturated rings. The van der Waals surface area contributed by atoms with Crippen LogP contribution in [0.3, 0.4) is 0 Å². The highest BCUT2D eigenvalue weighted by Gasteiger charge is 2.23. The Bertz CT molecular complexity index is 360. The third-order valence-electron chi connectivity index (χ3n) is 2.04. The van der Waals surface area contributed by atoms with Crippen molar-refractivity contribution >= 4 is 12.3 Å². The van der Waals surface area contributed by atoms with Crippen LogP contribution >= 0.6 is 0 Å². The lowest BCUT2D eigenvalue weighted by Gasteiger charge is -2.14. The minimum absolute atomic E-state index is 0.371. The van der Waals surface area contributed by atoms with Crippen molar-refractivity contribution in [3.8, 4) is 0 Å². The summed E-state index contributed by atoms with van der Waals surface area (Å²) in [6, 6.07) is 4.54. The molecule has 4 N–H and O–H groups in total. The first-order chi connectivity index (χ1) is 7.06. The van der Waals surface area contributed by atoms with Crippen LogP contribution in [0.4, 0.5) is 0 Å². The molecule has 1 aromatic rings. The molecule has 0 aliphatic rings. The summed E-state index contributed by atoms with van der Waals surface area (Å²) >= 11 is 0. The van der Waals surface area contributed by atoms with Crippen molar-refractivity contribution in [1.29, 1.82) is 0 Å². The van der Waals surface area contributed by atoms with Gasteiger partial charge < -0.3 is 15.9 Å². The molecule has 2 atom stereocenters. The number of aliphatic hydroxyl groups is 1. The Kier molecular flexibility index (Phi) is 3.54. The van der Waals surface area contributed by atoms with E-state index in [1.54, 1.807) is 0 Å². The standard InChI is InChI=1S/C10H11NO4/c11-8(10(14)15)9(13)7-3-1-6(5-12)2-4-7/h1-5,8-9,13H,11H2,(H,14,15). The van der Waals surface area contributed by atoms with E-state index in [-0.39, 0.29) is 0 Å². The molecule has 80 valence electrons. The number of carboxylic acids is 1. The molecular formula is C10H11NO4. The first-order valence-electron chi connectivity index (χ1n) is 4.28. The van der Waals surface area contributed by atoms with Gasteiger partial charge in [-0.2, -0.15) is 0 Å². The van der Waals surface area contributed by atoms with Crippen molar-refractivity contribution in [2.45, 2.75) is 12.1 Å². The average Bonchev–Trinajstić information content (AvgIpc) is 2.27. The predicted octanol–water partition coefficient (Wildman–Crippen LogP) is -0.0556. The van der Waals surface area contributed by atoms with Crippen LogP contribution in [-0.4, -0.2) is 28.5 Å². The second-order valence-electron chi connectivity index (χ2n) is 3.09. The highest BCUT2D eigenvalue weighted by molar-refractivity contribution is 5.75. The molecule has 0 aliphatic heterocycles. The van der Waals surface area contributed by atoms with E-state index in [4.69, 9.17) is 10.8 Å². The lowest BCUT2D eigenvalue weighted by molar-refractivity contribution is -0.141. The van der Waals surface area contributed by atoms with Crippen LogP contribution in [0.2, 0.25) is 0 Å². The predicted molar refractivity (Wildman–Crippen MR) is 52.4 cm³/mol. The smallest absolute Gasteiger partial charge is 0.323 e. The fourth-order valence-corrected chi connectivity index (χ4v) is 1.11. The molecule has 2 unspecified atom stereocenters. The quantitative estimate of drug-likeness (QED) is 0.603. The summed E-state index contributed by atoms with van der Waals surface area (Å²) in [6.07, 6.45) is -0.615. The lowest BCUT2D eigenvalue weighted by atomic mass is 10.0. The SMILES string of the molecule is NC(C(=O)O)C(O)c1ccc(C=O)cc1. The van der Waals surface area contributed by atoms with Gasteiger partial charge in [0.15, 0.2) is 0 Å². The molecule has 15 heavy (non-hydrogen) atoms. The number of aliphatic carboxylic acids is 1. The Morgan fingerprint density at radius 1 is 1.33 bits per heavy atom. The summed E-state index contributed by atoms with van der Waals surface area (Å²) in [5.41, 5.74) is 6.07. The molecular weight excluding hydrogens is 198 g/mol. The zero-order chi connectivity index (χ0) is 11.4. The van der Waals surface area contributed by atoms with Crippen molar-refractivity contribution in [1.82, 2.24) is 0 Å². The van der Waals surface area contributed by atoms with E-state index in [1.807, 2.05) is 0 Å². The number of rotatable bonds is 4. The van der Waals surface area contributed by atoms with Crippen LogP contribution in [0, 0.1) is 0 Å². The summed E-state index contributed by atoms with van der Waals surface area (Å²) in [5, 5.41) is 18.1. The van der Waals surface area contributed by atoms with Crippen molar-refractivity contribution in [2.75, 3.05) is 0 Å². The van der Waals surface area contributed by atoms with Crippen LogP contribution in [-0.2, 0) is 4.79 Å². The van der Waals surface area contributed by atoms with E-state index in [9.17, 15) is 14.7 Å². The molecule has 1 rings (SSSR count). The minimum Gasteiger partial charge on any atom is -0.480 e. The van der Waals surface area contributed by atoms with Crippen molar-refractivity contribution < 1.29 is 19.8 Å². The Morgan fingerprint density at radius 3 is 2.27 bits per heavy atom. The third-order valence-corrected chi connectivity index (χ3v) is 2.04. The van der Waals surface area contributed by atoms with Crippen molar-refractivity contribution in [3.05, 3.63) is 35.4 Å². The maximum absolute atomic E-state index is 10.5. The molecule has 0 radical (unpaired) electrons. The summed E-state index contributed by atoms with van der Waals surface area (Å²) in [5.74, 6) is -1.28. The van der Waals surface area contributed by atoms with Gasteiger partial charge in [0.25, 0.3) is 0 Å². The zero-order valence-electron chi connectivity index (χ0n) is 7.83. The van der Waals surface area contributed by atoms with Crippen LogP contribution in [0.5, 0.6) is 0 Å². The third kappa shape index (κ3) is 2.61. The summed E-state index contributed by atoms with van der Waals surface area (Å²) in [6.45, 7) is 0. The molecule has 5 nitrogen and oxygen atoms in total. The van der Waals surface area contributed by atoms with Gasteiger partial charge in [-0.15, -0.1) is 0 Å². The van der Waals surface area contributed by atoms with Crippen LogP contribution in [0.1, 0.15) is 22.0 Å². The molecule has 0 spiro atoms. The number of carbonyl (C=O) groups excluding carboxylic acids is 1. The van der Waals surface area contributed by atoms with Gasteiger partial charge in [0.2, 0.25) is 0 Å². The number of hydrogen-bond donors (Lipinski definition) is 3. The topological polar surface area (TPSA) is 101 Å². The van der Waals surface area contributed by atoms with Gasteiger partial charge in [-0.1, -0.05) is 24.3 Å². The van der Waals surface area contributed by atoms with E-state index >= 15 is 0 Å². The minimum atomic E-state index is -1.37. The molecule has 0 aliphatic carbocycles. The van der Waals surface area contributed by atoms with E-state index in [1.165, 1.54) is 24.3 Å². The Morgan fingerprint density at radius 2 is 1.87 bits per heavy atom. The molecule has 0 amide bonds. The first-order valence-corrected chi connectivity index (χ1v) is 4.28. The van der Waals surface area contributed by atoms with Crippen molar-refractivity contribution in [2.24, 2.45) is 5.73 Å². The average molecular weight is 209 g/mol. The van der Waals surface area contributed by atoms with E-state index in [2.05, 4.69) is 0 Å². The molecule has 0 bridgehead atoms. The molecule has 0 aromatic heterocycles. The fourth-order valence-electron chi connectivity index (χ4n) is 1.11. The number of benzene rings is 1. The Balaban J connectivity index is 2.86. The normalized spacial score (nSPS) is 14.3. The van der Waals surface area contributed by atoms with Gasteiger partial charge in [-0.25, -0.2) is 0 Å². The van der Waals surface area contributed by atoms with E-state index < -0.39 is 18.1 Å². The van der Waals surface area contributed by atoms with Crippen LogP contribution in [0.15, 0.2) is 24.3 Å². The summed E-state index contributed by atoms with van der Waals surface area (Å²) in [7, 11) is 0. The number of aliphatic hydroxyl groups excluding tert-OH is 1. The Labute approximate surface area is 86.1 Å². The zero-order valence-corrected chi connectivity index (χ0v) is 7.83. The lowest BCUT2D eigenvalue weighted by Crippen LogP contribution is -2.36. The second-order valence-corrected chi connectivity index (χ2v) is 3.09. The van der Waals surface area contributed by atoms with Gasteiger partial charge in [0.1, 0.15) is 18.4 Å². The number of nitrogens with two attached hydrogens (primary N) is 1. The molecule has 0 saturated carbocycles. The van der Waals surface area contributed by atoms with Gasteiger partial charge in [0.05, 0.1) is 0 Å². The first kappa shape index (κ1) is 11.4. The maximum atomic E-state index is 10.5. The highest BCUT2D eigenvalue weighted by Crippen LogP contribution is 2.16. The van der Waals surface area contributed by atoms with Gasteiger partial charge in [-0.05, 0) is 5.56 Å². The van der Waals surface area contributed by atoms with Gasteiger partial charge in [-0.3, -0.25) is 9.59 Å². The largest absolute Gasteiger partial charge is 0.480 e. The van der Waals surface area contributed by atoms with Crippen molar-refractivity contribution in [3.63, 3.8) is 0 Å². The highest BCUT2D eigenvalue weighted by atomic mass is 16.4. The monoisotopic (exact) mass is 209 g/mol. The number of hydrogen-bond acceptors (Lipinski definition) is 4. The number of carbonyl (C=O) groups is 2. The molecule has 0 saturated heterocycles. The fraction of sp³-hybridized carbons (Fsp3) is 0.200. The van der Waals surface area contributed by atoms with Gasteiger partial charge in [0, 0.05) is 5.56 Å². The van der Waals surface area contributed by atoms with E-state index in [0.29, 0.717) is 17.4 Å². The van der Waals surface area contributed by atoms with Crippen LogP contribution < -0.4 is 5.73 Å². The number of aldehydes is 1. The second kappa shape index (κ2) is 4.68. The maximum Gasteiger partial charge on any atom is 0.323 e. The molecule has 1 aromatic carbocycles. The van der Waals surface area contributed by atoms with Crippen LogP contribution in [0.25, 0.3) is 0 Å². The van der Waals surface area contributed by atoms with E-state index in [0.717, 1.165) is 0 Å². The molecule has 5 heteroatoms.